The van der Waals surface area contributed by atoms with Crippen LogP contribution in [0.15, 0.2) is 36.9 Å². The van der Waals surface area contributed by atoms with E-state index in [4.69, 9.17) is 16.6 Å². The molecule has 3 N–H and O–H groups in total. The Labute approximate surface area is 213 Å². The van der Waals surface area contributed by atoms with Crippen LogP contribution in [0.3, 0.4) is 0 Å². The van der Waals surface area contributed by atoms with Crippen LogP contribution in [-0.4, -0.2) is 58.4 Å². The van der Waals surface area contributed by atoms with E-state index in [2.05, 4.69) is 42.0 Å². The van der Waals surface area contributed by atoms with Crippen molar-refractivity contribution in [2.75, 3.05) is 6.61 Å². The molecule has 4 aromatic heterocycles. The van der Waals surface area contributed by atoms with Gasteiger partial charge in [-0.1, -0.05) is 18.5 Å². The van der Waals surface area contributed by atoms with Crippen LogP contribution >= 0.6 is 11.6 Å². The highest BCUT2D eigenvalue weighted by Crippen LogP contribution is 2.34. The minimum absolute atomic E-state index is 0.00720. The largest absolute Gasteiger partial charge is 0.396 e. The second kappa shape index (κ2) is 10.7. The standard InChI is InChI=1S/C25H29ClN8O2/c1-15(6-8-35)9-23-32-21-13-28-19(24-29-14-30-33-24)12-22(21)34(23)18-4-2-3-17(11-18)31-25(36)20-10-16(26)5-7-27-20/h5,7,10,12-15,17-18,35H,2-4,6,8-9,11H2,1H3,(H,31,36)(H,29,30,33)/t15?,17?,18-/m1/s1. The number of hydrogen-bond donors (Lipinski definition) is 3. The van der Waals surface area contributed by atoms with Crippen LogP contribution in [0.4, 0.5) is 0 Å². The third kappa shape index (κ3) is 5.24. The van der Waals surface area contributed by atoms with Gasteiger partial charge in [-0.25, -0.2) is 9.97 Å². The Morgan fingerprint density at radius 2 is 2.19 bits per heavy atom. The number of nitrogens with zero attached hydrogens (tertiary/aromatic N) is 6. The zero-order valence-electron chi connectivity index (χ0n) is 20.1. The number of carbonyl (C=O) groups excluding carboxylic acids is 1. The van der Waals surface area contributed by atoms with Crippen LogP contribution in [0.2, 0.25) is 5.02 Å². The number of aromatic amines is 1. The summed E-state index contributed by atoms with van der Waals surface area (Å²) in [6.07, 6.45) is 9.86. The van der Waals surface area contributed by atoms with Gasteiger partial charge in [-0.2, -0.15) is 5.10 Å². The SMILES string of the molecule is CC(CCO)Cc1nc2cnc(-c3ncn[nH]3)cc2n1[C@@H]1CCCC(NC(=O)c2cc(Cl)ccn2)C1. The number of halogens is 1. The molecule has 36 heavy (non-hydrogen) atoms. The monoisotopic (exact) mass is 508 g/mol. The van der Waals surface area contributed by atoms with E-state index in [9.17, 15) is 9.90 Å². The van der Waals surface area contributed by atoms with Gasteiger partial charge < -0.3 is 15.0 Å². The van der Waals surface area contributed by atoms with Gasteiger partial charge in [0.2, 0.25) is 0 Å². The minimum Gasteiger partial charge on any atom is -0.396 e. The first kappa shape index (κ1) is 24.3. The lowest BCUT2D eigenvalue weighted by Crippen LogP contribution is -2.39. The predicted octanol–water partition coefficient (Wildman–Crippen LogP) is 3.74. The van der Waals surface area contributed by atoms with Gasteiger partial charge in [0.25, 0.3) is 5.91 Å². The maximum atomic E-state index is 12.8. The maximum Gasteiger partial charge on any atom is 0.270 e. The van der Waals surface area contributed by atoms with Crippen LogP contribution in [0.1, 0.15) is 61.4 Å². The number of hydrogen-bond acceptors (Lipinski definition) is 7. The normalized spacial score (nSPS) is 18.9. The number of H-pyrrole nitrogens is 1. The Morgan fingerprint density at radius 3 is 2.97 bits per heavy atom. The number of fused-ring (bicyclic) bond motifs is 1. The number of carbonyl (C=O) groups is 1. The lowest BCUT2D eigenvalue weighted by atomic mass is 9.90. The summed E-state index contributed by atoms with van der Waals surface area (Å²) in [5, 5.41) is 19.9. The van der Waals surface area contributed by atoms with Gasteiger partial charge in [0, 0.05) is 36.3 Å². The summed E-state index contributed by atoms with van der Waals surface area (Å²) in [5.74, 6) is 1.63. The van der Waals surface area contributed by atoms with Crippen molar-refractivity contribution in [3.05, 3.63) is 53.5 Å². The fourth-order valence-corrected chi connectivity index (χ4v) is 5.17. The lowest BCUT2D eigenvalue weighted by Gasteiger charge is -2.32. The van der Waals surface area contributed by atoms with Crippen molar-refractivity contribution in [2.24, 2.45) is 5.92 Å². The van der Waals surface area contributed by atoms with Crippen molar-refractivity contribution in [2.45, 2.75) is 57.5 Å². The molecule has 1 aliphatic rings. The number of aromatic nitrogens is 7. The molecule has 0 bridgehead atoms. The van der Waals surface area contributed by atoms with Gasteiger partial charge in [-0.05, 0) is 56.2 Å². The van der Waals surface area contributed by atoms with Crippen LogP contribution in [0.25, 0.3) is 22.6 Å². The molecule has 10 nitrogen and oxygen atoms in total. The van der Waals surface area contributed by atoms with E-state index < -0.39 is 0 Å². The number of imidazole rings is 1. The molecule has 0 aliphatic heterocycles. The molecular weight excluding hydrogens is 480 g/mol. The number of aliphatic hydroxyl groups excluding tert-OH is 1. The zero-order valence-corrected chi connectivity index (χ0v) is 20.8. The second-order valence-electron chi connectivity index (χ2n) is 9.46. The van der Waals surface area contributed by atoms with Gasteiger partial charge in [0.1, 0.15) is 29.1 Å². The zero-order chi connectivity index (χ0) is 25.1. The number of nitrogens with one attached hydrogen (secondary N) is 2. The molecule has 1 amide bonds. The van der Waals surface area contributed by atoms with Crippen molar-refractivity contribution in [3.8, 4) is 11.5 Å². The van der Waals surface area contributed by atoms with Gasteiger partial charge in [0.05, 0.1) is 11.7 Å². The molecule has 4 aromatic rings. The molecule has 0 spiro atoms. The lowest BCUT2D eigenvalue weighted by molar-refractivity contribution is 0.0915. The average Bonchev–Trinajstić information content (AvgIpc) is 3.52. The van der Waals surface area contributed by atoms with Crippen molar-refractivity contribution in [1.82, 2.24) is 40.0 Å². The van der Waals surface area contributed by atoms with E-state index in [0.29, 0.717) is 28.7 Å². The fourth-order valence-electron chi connectivity index (χ4n) is 5.01. The summed E-state index contributed by atoms with van der Waals surface area (Å²) in [7, 11) is 0. The molecule has 0 saturated heterocycles. The number of aliphatic hydroxyl groups is 1. The van der Waals surface area contributed by atoms with E-state index in [1.165, 1.54) is 6.33 Å². The molecule has 2 unspecified atom stereocenters. The average molecular weight is 509 g/mol. The van der Waals surface area contributed by atoms with Gasteiger partial charge in [0.15, 0.2) is 5.82 Å². The molecule has 1 saturated carbocycles. The highest BCUT2D eigenvalue weighted by atomic mass is 35.5. The molecule has 188 valence electrons. The molecule has 11 heteroatoms. The molecule has 0 aromatic carbocycles. The van der Waals surface area contributed by atoms with E-state index in [0.717, 1.165) is 49.0 Å². The Morgan fingerprint density at radius 1 is 1.31 bits per heavy atom. The quantitative estimate of drug-likeness (QED) is 0.330. The van der Waals surface area contributed by atoms with Crippen LogP contribution < -0.4 is 5.32 Å². The summed E-state index contributed by atoms with van der Waals surface area (Å²) in [6, 6.07) is 5.40. The summed E-state index contributed by atoms with van der Waals surface area (Å²) >= 11 is 6.05. The minimum atomic E-state index is -0.216. The molecule has 3 atom stereocenters. The first-order valence-corrected chi connectivity index (χ1v) is 12.7. The Hall–Kier alpha value is -3.37. The first-order chi connectivity index (χ1) is 17.5. The topological polar surface area (TPSA) is 134 Å². The van der Waals surface area contributed by atoms with Gasteiger partial charge >= 0.3 is 0 Å². The number of rotatable bonds is 8. The third-order valence-electron chi connectivity index (χ3n) is 6.76. The van der Waals surface area contributed by atoms with Gasteiger partial charge in [-0.15, -0.1) is 0 Å². The van der Waals surface area contributed by atoms with Crippen molar-refractivity contribution >= 4 is 28.5 Å². The first-order valence-electron chi connectivity index (χ1n) is 12.3. The van der Waals surface area contributed by atoms with Crippen molar-refractivity contribution < 1.29 is 9.90 Å². The Balaban J connectivity index is 1.45. The smallest absolute Gasteiger partial charge is 0.270 e. The molecule has 0 radical (unpaired) electrons. The molecule has 1 fully saturated rings. The predicted molar refractivity (Wildman–Crippen MR) is 135 cm³/mol. The summed E-state index contributed by atoms with van der Waals surface area (Å²) in [5.41, 5.74) is 2.82. The van der Waals surface area contributed by atoms with Gasteiger partial charge in [-0.3, -0.25) is 19.9 Å². The van der Waals surface area contributed by atoms with Crippen LogP contribution in [0, 0.1) is 5.92 Å². The van der Waals surface area contributed by atoms with Crippen molar-refractivity contribution in [1.29, 1.82) is 0 Å². The molecule has 5 rings (SSSR count). The van der Waals surface area contributed by atoms with E-state index in [1.54, 1.807) is 24.5 Å². The van der Waals surface area contributed by atoms with Crippen LogP contribution in [-0.2, 0) is 6.42 Å². The summed E-state index contributed by atoms with van der Waals surface area (Å²) in [4.78, 5) is 30.7. The second-order valence-corrected chi connectivity index (χ2v) is 9.90. The van der Waals surface area contributed by atoms with E-state index in [-0.39, 0.29) is 30.5 Å². The summed E-state index contributed by atoms with van der Waals surface area (Å²) in [6.45, 7) is 2.27. The van der Waals surface area contributed by atoms with Crippen molar-refractivity contribution in [3.63, 3.8) is 0 Å². The highest BCUT2D eigenvalue weighted by Gasteiger charge is 2.29. The molecule has 4 heterocycles. The van der Waals surface area contributed by atoms with Crippen LogP contribution in [0.5, 0.6) is 0 Å². The maximum absolute atomic E-state index is 12.8. The number of amides is 1. The Kier molecular flexibility index (Phi) is 7.24. The molecule has 1 aliphatic carbocycles. The van der Waals surface area contributed by atoms with E-state index in [1.807, 2.05) is 6.07 Å². The van der Waals surface area contributed by atoms with E-state index >= 15 is 0 Å². The molecular formula is C25H29ClN8O2. The fraction of sp³-hybridized carbons (Fsp3) is 0.440. The Bertz CT molecular complexity index is 1340. The highest BCUT2D eigenvalue weighted by molar-refractivity contribution is 6.30. The summed E-state index contributed by atoms with van der Waals surface area (Å²) < 4.78 is 2.31. The number of pyridine rings is 2. The third-order valence-corrected chi connectivity index (χ3v) is 7.00.